The maximum absolute atomic E-state index is 11.5. The van der Waals surface area contributed by atoms with Crippen molar-refractivity contribution in [1.29, 1.82) is 0 Å². The van der Waals surface area contributed by atoms with Crippen LogP contribution in [0.3, 0.4) is 0 Å². The van der Waals surface area contributed by atoms with Crippen LogP contribution < -0.4 is 11.1 Å². The number of carbonyl (C=O) groups excluding carboxylic acids is 1. The minimum absolute atomic E-state index is 0.181. The molecule has 0 bridgehead atoms. The van der Waals surface area contributed by atoms with E-state index in [9.17, 15) is 4.79 Å². The lowest BCUT2D eigenvalue weighted by Crippen LogP contribution is -2.27. The molecule has 1 rings (SSSR count). The summed E-state index contributed by atoms with van der Waals surface area (Å²) in [5, 5.41) is 2.69. The maximum atomic E-state index is 11.5. The maximum Gasteiger partial charge on any atom is 0.252 e. The highest BCUT2D eigenvalue weighted by Gasteiger charge is 2.05. The molecule has 1 amide bonds. The molecule has 6 heteroatoms. The first kappa shape index (κ1) is 12.1. The van der Waals surface area contributed by atoms with Crippen LogP contribution in [0.5, 0.6) is 0 Å². The van der Waals surface area contributed by atoms with Crippen molar-refractivity contribution in [2.75, 3.05) is 6.54 Å². The van der Waals surface area contributed by atoms with Crippen molar-refractivity contribution in [3.05, 3.63) is 28.5 Å². The Kier molecular flexibility index (Phi) is 4.64. The Morgan fingerprint density at radius 2 is 2.33 bits per heavy atom. The minimum Gasteiger partial charge on any atom is -0.393 e. The van der Waals surface area contributed by atoms with Gasteiger partial charge in [0.05, 0.1) is 10.6 Å². The third kappa shape index (κ3) is 4.35. The molecular weight excluding hydrogens is 278 g/mol. The van der Waals surface area contributed by atoms with Crippen LogP contribution >= 0.6 is 28.1 Å². The van der Waals surface area contributed by atoms with Crippen LogP contribution in [0.15, 0.2) is 22.9 Å². The van der Waals surface area contributed by atoms with Gasteiger partial charge in [0.2, 0.25) is 0 Å². The third-order valence-electron chi connectivity index (χ3n) is 1.62. The quantitative estimate of drug-likeness (QED) is 0.818. The Morgan fingerprint density at radius 3 is 2.93 bits per heavy atom. The molecule has 0 atom stereocenters. The molecule has 0 saturated heterocycles. The zero-order valence-electron chi connectivity index (χ0n) is 7.87. The summed E-state index contributed by atoms with van der Waals surface area (Å²) in [6, 6.07) is 1.70. The second-order valence-electron chi connectivity index (χ2n) is 2.86. The molecule has 0 aliphatic heterocycles. The Bertz CT molecular complexity index is 383. The molecule has 1 heterocycles. The number of amides is 1. The fourth-order valence-corrected chi connectivity index (χ4v) is 1.40. The summed E-state index contributed by atoms with van der Waals surface area (Å²) in [5.41, 5.74) is 5.81. The number of hydrogen-bond acceptors (Lipinski definition) is 3. The molecule has 1 aromatic rings. The Hall–Kier alpha value is -1.01. The van der Waals surface area contributed by atoms with Gasteiger partial charge >= 0.3 is 0 Å². The van der Waals surface area contributed by atoms with E-state index in [-0.39, 0.29) is 5.91 Å². The summed E-state index contributed by atoms with van der Waals surface area (Å²) >= 11 is 7.93. The van der Waals surface area contributed by atoms with Gasteiger partial charge in [-0.15, -0.1) is 0 Å². The van der Waals surface area contributed by atoms with Gasteiger partial charge in [-0.05, 0) is 22.0 Å². The van der Waals surface area contributed by atoms with Gasteiger partial charge in [0, 0.05) is 29.8 Å². The van der Waals surface area contributed by atoms with E-state index in [0.29, 0.717) is 23.5 Å². The normalized spacial score (nSPS) is 9.67. The van der Waals surface area contributed by atoms with Crippen LogP contribution in [0, 0.1) is 0 Å². The van der Waals surface area contributed by atoms with Crippen LogP contribution in [0.1, 0.15) is 16.8 Å². The predicted octanol–water partition coefficient (Wildman–Crippen LogP) is 1.25. The topological polar surface area (TPSA) is 68.0 Å². The van der Waals surface area contributed by atoms with E-state index in [1.807, 2.05) is 0 Å². The van der Waals surface area contributed by atoms with Crippen LogP contribution in [-0.2, 0) is 0 Å². The first-order chi connectivity index (χ1) is 7.09. The van der Waals surface area contributed by atoms with Gasteiger partial charge in [0.1, 0.15) is 0 Å². The van der Waals surface area contributed by atoms with Gasteiger partial charge in [0.25, 0.3) is 5.91 Å². The van der Waals surface area contributed by atoms with Gasteiger partial charge in [-0.1, -0.05) is 12.2 Å². The molecular formula is C9H10BrN3OS. The molecule has 4 nitrogen and oxygen atoms in total. The van der Waals surface area contributed by atoms with E-state index >= 15 is 0 Å². The fourth-order valence-electron chi connectivity index (χ4n) is 0.937. The summed E-state index contributed by atoms with van der Waals surface area (Å²) in [4.78, 5) is 15.8. The Morgan fingerprint density at radius 1 is 1.60 bits per heavy atom. The highest BCUT2D eigenvalue weighted by molar-refractivity contribution is 9.10. The Balaban J connectivity index is 2.50. The summed E-state index contributed by atoms with van der Waals surface area (Å²) in [6.45, 7) is 0.445. The molecule has 0 fully saturated rings. The molecule has 0 aliphatic carbocycles. The molecule has 1 aromatic heterocycles. The first-order valence-corrected chi connectivity index (χ1v) is 5.47. The van der Waals surface area contributed by atoms with Crippen molar-refractivity contribution in [3.8, 4) is 0 Å². The average molecular weight is 288 g/mol. The number of pyridine rings is 1. The van der Waals surface area contributed by atoms with E-state index < -0.39 is 0 Å². The molecule has 0 aliphatic rings. The smallest absolute Gasteiger partial charge is 0.252 e. The highest BCUT2D eigenvalue weighted by atomic mass is 79.9. The van der Waals surface area contributed by atoms with Crippen molar-refractivity contribution >= 4 is 39.0 Å². The molecule has 80 valence electrons. The van der Waals surface area contributed by atoms with Crippen molar-refractivity contribution in [1.82, 2.24) is 10.3 Å². The molecule has 3 N–H and O–H groups in total. The van der Waals surface area contributed by atoms with E-state index in [0.717, 1.165) is 4.47 Å². The van der Waals surface area contributed by atoms with Crippen molar-refractivity contribution in [3.63, 3.8) is 0 Å². The molecule has 0 unspecified atom stereocenters. The summed E-state index contributed by atoms with van der Waals surface area (Å²) in [5.74, 6) is -0.181. The zero-order valence-corrected chi connectivity index (χ0v) is 10.3. The number of nitrogens with one attached hydrogen (secondary N) is 1. The summed E-state index contributed by atoms with van der Waals surface area (Å²) < 4.78 is 0.768. The summed E-state index contributed by atoms with van der Waals surface area (Å²) in [6.07, 6.45) is 3.62. The van der Waals surface area contributed by atoms with Gasteiger partial charge in [-0.2, -0.15) is 0 Å². The van der Waals surface area contributed by atoms with Crippen molar-refractivity contribution in [2.24, 2.45) is 5.73 Å². The Labute approximate surface area is 101 Å². The monoisotopic (exact) mass is 287 g/mol. The minimum atomic E-state index is -0.181. The van der Waals surface area contributed by atoms with E-state index in [4.69, 9.17) is 18.0 Å². The van der Waals surface area contributed by atoms with Crippen molar-refractivity contribution < 1.29 is 4.79 Å². The van der Waals surface area contributed by atoms with Crippen LogP contribution in [0.2, 0.25) is 0 Å². The third-order valence-corrected chi connectivity index (χ3v) is 2.26. The fraction of sp³-hybridized carbons (Fsp3) is 0.222. The van der Waals surface area contributed by atoms with Gasteiger partial charge in [0.15, 0.2) is 0 Å². The van der Waals surface area contributed by atoms with E-state index in [2.05, 4.69) is 26.2 Å². The predicted molar refractivity (Wildman–Crippen MR) is 65.7 cm³/mol. The number of halogens is 1. The lowest BCUT2D eigenvalue weighted by Gasteiger charge is -2.03. The number of aromatic nitrogens is 1. The first-order valence-electron chi connectivity index (χ1n) is 4.26. The highest BCUT2D eigenvalue weighted by Crippen LogP contribution is 2.09. The standard InChI is InChI=1S/C9H10BrN3OS/c10-7-3-6(4-12-5-7)9(14)13-2-1-8(11)15/h3-5H,1-2H2,(H2,11,15)(H,13,14). The number of nitrogens with zero attached hydrogens (tertiary/aromatic N) is 1. The lowest BCUT2D eigenvalue weighted by atomic mass is 10.2. The molecule has 0 radical (unpaired) electrons. The van der Waals surface area contributed by atoms with Crippen LogP contribution in [0.25, 0.3) is 0 Å². The second-order valence-corrected chi connectivity index (χ2v) is 4.30. The molecule has 0 aromatic carbocycles. The second kappa shape index (κ2) is 5.77. The summed E-state index contributed by atoms with van der Waals surface area (Å²) in [7, 11) is 0. The van der Waals surface area contributed by atoms with Crippen molar-refractivity contribution in [2.45, 2.75) is 6.42 Å². The van der Waals surface area contributed by atoms with Gasteiger partial charge < -0.3 is 11.1 Å². The molecule has 15 heavy (non-hydrogen) atoms. The lowest BCUT2D eigenvalue weighted by molar-refractivity contribution is 0.0954. The number of nitrogens with two attached hydrogens (primary N) is 1. The number of thiocarbonyl (C=S) groups is 1. The van der Waals surface area contributed by atoms with Gasteiger partial charge in [-0.25, -0.2) is 0 Å². The van der Waals surface area contributed by atoms with Crippen LogP contribution in [0.4, 0.5) is 0 Å². The molecule has 0 spiro atoms. The largest absolute Gasteiger partial charge is 0.393 e. The molecule has 0 saturated carbocycles. The van der Waals surface area contributed by atoms with E-state index in [1.165, 1.54) is 6.20 Å². The number of hydrogen-bond donors (Lipinski definition) is 2. The zero-order chi connectivity index (χ0) is 11.3. The van der Waals surface area contributed by atoms with Crippen LogP contribution in [-0.4, -0.2) is 22.4 Å². The van der Waals surface area contributed by atoms with E-state index in [1.54, 1.807) is 12.3 Å². The van der Waals surface area contributed by atoms with Gasteiger partial charge in [-0.3, -0.25) is 9.78 Å². The SMILES string of the molecule is NC(=S)CCNC(=O)c1cncc(Br)c1. The number of rotatable bonds is 4. The average Bonchev–Trinajstić information content (AvgIpc) is 2.17. The number of carbonyl (C=O) groups is 1.